The molecule has 0 radical (unpaired) electrons. The minimum atomic E-state index is -0.133. The molecule has 0 heterocycles. The highest BCUT2D eigenvalue weighted by molar-refractivity contribution is 5.72. The Balaban J connectivity index is 2.47. The number of carbonyl (C=O) groups excluding carboxylic acids is 1. The maximum atomic E-state index is 11.7. The molecule has 0 aliphatic carbocycles. The van der Waals surface area contributed by atoms with Gasteiger partial charge in [-0.15, -0.1) is 0 Å². The van der Waals surface area contributed by atoms with Crippen LogP contribution in [0.5, 0.6) is 0 Å². The third-order valence-electron chi connectivity index (χ3n) is 2.62. The zero-order chi connectivity index (χ0) is 12.0. The van der Waals surface area contributed by atoms with E-state index in [1.165, 1.54) is 0 Å². The van der Waals surface area contributed by atoms with Crippen molar-refractivity contribution in [2.45, 2.75) is 39.7 Å². The van der Waals surface area contributed by atoms with E-state index in [1.807, 2.05) is 37.3 Å². The molecule has 88 valence electrons. The summed E-state index contributed by atoms with van der Waals surface area (Å²) in [4.78, 5) is 11.7. The third-order valence-corrected chi connectivity index (χ3v) is 2.62. The van der Waals surface area contributed by atoms with E-state index in [4.69, 9.17) is 4.74 Å². The van der Waals surface area contributed by atoms with E-state index in [0.717, 1.165) is 12.0 Å². The molecule has 0 spiro atoms. The number of benzene rings is 1. The van der Waals surface area contributed by atoms with Gasteiger partial charge in [0.05, 0.1) is 6.42 Å². The van der Waals surface area contributed by atoms with E-state index >= 15 is 0 Å². The smallest absolute Gasteiger partial charge is 0.310 e. The number of rotatable bonds is 5. The molecule has 0 amide bonds. The van der Waals surface area contributed by atoms with Gasteiger partial charge in [0.2, 0.25) is 0 Å². The average molecular weight is 220 g/mol. The van der Waals surface area contributed by atoms with Crippen molar-refractivity contribution in [2.75, 3.05) is 0 Å². The summed E-state index contributed by atoms with van der Waals surface area (Å²) < 4.78 is 5.43. The monoisotopic (exact) mass is 220 g/mol. The maximum absolute atomic E-state index is 11.7. The van der Waals surface area contributed by atoms with Crippen molar-refractivity contribution in [3.05, 3.63) is 35.9 Å². The van der Waals surface area contributed by atoms with E-state index in [-0.39, 0.29) is 12.1 Å². The van der Waals surface area contributed by atoms with Gasteiger partial charge in [0.15, 0.2) is 0 Å². The van der Waals surface area contributed by atoms with E-state index < -0.39 is 0 Å². The van der Waals surface area contributed by atoms with Crippen LogP contribution < -0.4 is 0 Å². The first kappa shape index (κ1) is 12.8. The second kappa shape index (κ2) is 6.31. The molecular formula is C14H20O2. The molecule has 0 aromatic heterocycles. The van der Waals surface area contributed by atoms with Gasteiger partial charge in [0.1, 0.15) is 6.10 Å². The topological polar surface area (TPSA) is 26.3 Å². The third kappa shape index (κ3) is 4.05. The van der Waals surface area contributed by atoms with Gasteiger partial charge in [-0.05, 0) is 17.9 Å². The summed E-state index contributed by atoms with van der Waals surface area (Å²) in [5, 5.41) is 0. The Hall–Kier alpha value is -1.31. The zero-order valence-electron chi connectivity index (χ0n) is 10.3. The Morgan fingerprint density at radius 2 is 1.88 bits per heavy atom. The Morgan fingerprint density at radius 3 is 2.38 bits per heavy atom. The maximum Gasteiger partial charge on any atom is 0.310 e. The van der Waals surface area contributed by atoms with Gasteiger partial charge in [-0.25, -0.2) is 0 Å². The molecule has 0 aliphatic rings. The van der Waals surface area contributed by atoms with Crippen LogP contribution in [-0.2, 0) is 16.0 Å². The molecule has 0 saturated heterocycles. The molecule has 1 rings (SSSR count). The van der Waals surface area contributed by atoms with Gasteiger partial charge in [-0.3, -0.25) is 4.79 Å². The lowest BCUT2D eigenvalue weighted by Crippen LogP contribution is -2.23. The largest absolute Gasteiger partial charge is 0.462 e. The second-order valence-electron chi connectivity index (χ2n) is 4.34. The first-order valence-corrected chi connectivity index (χ1v) is 5.87. The lowest BCUT2D eigenvalue weighted by atomic mass is 10.1. The van der Waals surface area contributed by atoms with Gasteiger partial charge in [0, 0.05) is 0 Å². The van der Waals surface area contributed by atoms with Crippen LogP contribution in [0.3, 0.4) is 0 Å². The predicted molar refractivity (Wildman–Crippen MR) is 65.2 cm³/mol. The van der Waals surface area contributed by atoms with Crippen LogP contribution in [0, 0.1) is 5.92 Å². The van der Waals surface area contributed by atoms with Crippen molar-refractivity contribution in [3.63, 3.8) is 0 Å². The highest BCUT2D eigenvalue weighted by Gasteiger charge is 2.16. The standard InChI is InChI=1S/C14H20O2/c1-4-13(11(2)3)16-14(15)10-12-8-6-5-7-9-12/h5-9,11,13H,4,10H2,1-3H3. The summed E-state index contributed by atoms with van der Waals surface area (Å²) in [6.07, 6.45) is 1.28. The van der Waals surface area contributed by atoms with Gasteiger partial charge >= 0.3 is 5.97 Å². The fraction of sp³-hybridized carbons (Fsp3) is 0.500. The molecule has 0 saturated carbocycles. The van der Waals surface area contributed by atoms with Crippen molar-refractivity contribution >= 4 is 5.97 Å². The molecule has 0 N–H and O–H groups in total. The molecule has 1 aromatic rings. The van der Waals surface area contributed by atoms with Gasteiger partial charge in [-0.1, -0.05) is 51.1 Å². The van der Waals surface area contributed by atoms with Crippen LogP contribution in [0.25, 0.3) is 0 Å². The van der Waals surface area contributed by atoms with E-state index in [0.29, 0.717) is 12.3 Å². The molecule has 0 bridgehead atoms. The van der Waals surface area contributed by atoms with Crippen molar-refractivity contribution in [3.8, 4) is 0 Å². The van der Waals surface area contributed by atoms with E-state index in [1.54, 1.807) is 0 Å². The quantitative estimate of drug-likeness (QED) is 0.712. The van der Waals surface area contributed by atoms with Gasteiger partial charge in [-0.2, -0.15) is 0 Å². The summed E-state index contributed by atoms with van der Waals surface area (Å²) in [7, 11) is 0. The van der Waals surface area contributed by atoms with Crippen LogP contribution in [0.15, 0.2) is 30.3 Å². The molecule has 2 heteroatoms. The molecule has 0 aliphatic heterocycles. The predicted octanol–water partition coefficient (Wildman–Crippen LogP) is 3.21. The van der Waals surface area contributed by atoms with Gasteiger partial charge < -0.3 is 4.74 Å². The zero-order valence-corrected chi connectivity index (χ0v) is 10.3. The molecule has 0 fully saturated rings. The fourth-order valence-electron chi connectivity index (χ4n) is 1.66. The summed E-state index contributed by atoms with van der Waals surface area (Å²) in [5.74, 6) is 0.247. The number of carbonyl (C=O) groups is 1. The lowest BCUT2D eigenvalue weighted by molar-refractivity contribution is -0.150. The van der Waals surface area contributed by atoms with Crippen LogP contribution in [0.4, 0.5) is 0 Å². The minimum absolute atomic E-state index is 0.0382. The molecule has 16 heavy (non-hydrogen) atoms. The van der Waals surface area contributed by atoms with E-state index in [9.17, 15) is 4.79 Å². The van der Waals surface area contributed by atoms with Crippen LogP contribution >= 0.6 is 0 Å². The molecule has 2 nitrogen and oxygen atoms in total. The van der Waals surface area contributed by atoms with E-state index in [2.05, 4.69) is 13.8 Å². The van der Waals surface area contributed by atoms with Crippen molar-refractivity contribution in [1.29, 1.82) is 0 Å². The van der Waals surface area contributed by atoms with Crippen LogP contribution in [-0.4, -0.2) is 12.1 Å². The summed E-state index contributed by atoms with van der Waals surface area (Å²) in [6, 6.07) is 9.69. The first-order chi connectivity index (χ1) is 7.63. The summed E-state index contributed by atoms with van der Waals surface area (Å²) in [6.45, 7) is 6.19. The number of hydrogen-bond acceptors (Lipinski definition) is 2. The molecule has 1 unspecified atom stereocenters. The van der Waals surface area contributed by atoms with Gasteiger partial charge in [0.25, 0.3) is 0 Å². The van der Waals surface area contributed by atoms with Crippen LogP contribution in [0.1, 0.15) is 32.8 Å². The summed E-state index contributed by atoms with van der Waals surface area (Å²) in [5.41, 5.74) is 1.01. The van der Waals surface area contributed by atoms with Crippen molar-refractivity contribution < 1.29 is 9.53 Å². The Bertz CT molecular complexity index is 317. The summed E-state index contributed by atoms with van der Waals surface area (Å²) >= 11 is 0. The number of esters is 1. The molecule has 1 aromatic carbocycles. The fourth-order valence-corrected chi connectivity index (χ4v) is 1.66. The highest BCUT2D eigenvalue weighted by atomic mass is 16.5. The first-order valence-electron chi connectivity index (χ1n) is 5.87. The highest BCUT2D eigenvalue weighted by Crippen LogP contribution is 2.12. The SMILES string of the molecule is CCC(OC(=O)Cc1ccccc1)C(C)C. The number of hydrogen-bond donors (Lipinski definition) is 0. The average Bonchev–Trinajstić information content (AvgIpc) is 2.27. The normalized spacial score (nSPS) is 12.5. The molecule has 1 atom stereocenters. The Morgan fingerprint density at radius 1 is 1.25 bits per heavy atom. The Labute approximate surface area is 97.6 Å². The minimum Gasteiger partial charge on any atom is -0.462 e. The van der Waals surface area contributed by atoms with Crippen molar-refractivity contribution in [1.82, 2.24) is 0 Å². The lowest BCUT2D eigenvalue weighted by Gasteiger charge is -2.19. The second-order valence-corrected chi connectivity index (χ2v) is 4.34. The van der Waals surface area contributed by atoms with Crippen LogP contribution in [0.2, 0.25) is 0 Å². The van der Waals surface area contributed by atoms with Crippen molar-refractivity contribution in [2.24, 2.45) is 5.92 Å². The Kier molecular flexibility index (Phi) is 5.03. The number of ether oxygens (including phenoxy) is 1. The molecular weight excluding hydrogens is 200 g/mol.